The Morgan fingerprint density at radius 1 is 1.16 bits per heavy atom. The molecule has 0 aliphatic carbocycles. The van der Waals surface area contributed by atoms with Gasteiger partial charge in [0.05, 0.1) is 34.5 Å². The molecule has 0 fully saturated rings. The molecule has 0 spiro atoms. The van der Waals surface area contributed by atoms with Crippen molar-refractivity contribution in [3.63, 3.8) is 0 Å². The van der Waals surface area contributed by atoms with Crippen LogP contribution in [0.3, 0.4) is 0 Å². The molecule has 1 N–H and O–H groups in total. The van der Waals surface area contributed by atoms with Crippen molar-refractivity contribution in [3.8, 4) is 0 Å². The number of amides is 1. The van der Waals surface area contributed by atoms with E-state index in [0.29, 0.717) is 5.52 Å². The lowest BCUT2D eigenvalue weighted by atomic mass is 10.1. The number of alkyl halides is 3. The van der Waals surface area contributed by atoms with Crippen molar-refractivity contribution in [2.24, 2.45) is 0 Å². The number of thioether (sulfide) groups is 1. The molecule has 11 heteroatoms. The minimum absolute atomic E-state index is 0.0610. The smallest absolute Gasteiger partial charge is 0.418 e. The highest BCUT2D eigenvalue weighted by molar-refractivity contribution is 8.00. The summed E-state index contributed by atoms with van der Waals surface area (Å²) in [6.45, 7) is 1.03. The van der Waals surface area contributed by atoms with Gasteiger partial charge in [0, 0.05) is 0 Å². The second kappa shape index (κ2) is 9.43. The molecule has 0 bridgehead atoms. The zero-order chi connectivity index (χ0) is 23.5. The number of anilines is 1. The molecule has 0 aliphatic heterocycles. The van der Waals surface area contributed by atoms with Crippen molar-refractivity contribution >= 4 is 40.2 Å². The molecule has 3 aromatic rings. The molecule has 1 amide bonds. The summed E-state index contributed by atoms with van der Waals surface area (Å²) in [5.41, 5.74) is -1.50. The lowest BCUT2D eigenvalue weighted by molar-refractivity contribution is -0.141. The van der Waals surface area contributed by atoms with E-state index >= 15 is 0 Å². The van der Waals surface area contributed by atoms with E-state index in [9.17, 15) is 27.6 Å². The first-order chi connectivity index (χ1) is 15.1. The summed E-state index contributed by atoms with van der Waals surface area (Å²) in [6.07, 6.45) is -4.64. The summed E-state index contributed by atoms with van der Waals surface area (Å²) in [4.78, 5) is 41.7. The SMILES string of the molecule is COC(=O)Cn1c(S[C@H](C)C(=O)Nc2ccccc2C(F)(F)F)nc2ccccc2c1=O. The van der Waals surface area contributed by atoms with Gasteiger partial charge < -0.3 is 10.1 Å². The Balaban J connectivity index is 1.92. The predicted molar refractivity (Wildman–Crippen MR) is 113 cm³/mol. The molecule has 1 aromatic heterocycles. The number of nitrogens with one attached hydrogen (secondary N) is 1. The largest absolute Gasteiger partial charge is 0.468 e. The van der Waals surface area contributed by atoms with Crippen molar-refractivity contribution in [2.45, 2.75) is 30.1 Å². The summed E-state index contributed by atoms with van der Waals surface area (Å²) in [5, 5.41) is 1.67. The molecular weight excluding hydrogens is 447 g/mol. The minimum atomic E-state index is -4.64. The molecule has 168 valence electrons. The van der Waals surface area contributed by atoms with Crippen LogP contribution in [0.1, 0.15) is 12.5 Å². The number of carbonyl (C=O) groups excluding carboxylic acids is 2. The van der Waals surface area contributed by atoms with Crippen molar-refractivity contribution in [1.29, 1.82) is 0 Å². The number of carbonyl (C=O) groups is 2. The van der Waals surface area contributed by atoms with Gasteiger partial charge in [0.15, 0.2) is 5.16 Å². The van der Waals surface area contributed by atoms with E-state index < -0.39 is 41.0 Å². The molecule has 1 heterocycles. The fourth-order valence-corrected chi connectivity index (χ4v) is 3.76. The van der Waals surface area contributed by atoms with Crippen LogP contribution in [-0.2, 0) is 27.0 Å². The van der Waals surface area contributed by atoms with Gasteiger partial charge in [-0.3, -0.25) is 19.0 Å². The highest BCUT2D eigenvalue weighted by atomic mass is 32.2. The highest BCUT2D eigenvalue weighted by Gasteiger charge is 2.34. The molecule has 0 aliphatic rings. The molecule has 2 aromatic carbocycles. The second-order valence-corrected chi connectivity index (χ2v) is 7.98. The molecule has 0 saturated carbocycles. The Bertz CT molecular complexity index is 1230. The third kappa shape index (κ3) is 5.10. The highest BCUT2D eigenvalue weighted by Crippen LogP contribution is 2.35. The Labute approximate surface area is 184 Å². The minimum Gasteiger partial charge on any atom is -0.468 e. The van der Waals surface area contributed by atoms with E-state index in [1.807, 2.05) is 0 Å². The first-order valence-electron chi connectivity index (χ1n) is 9.32. The summed E-state index contributed by atoms with van der Waals surface area (Å²) in [5.74, 6) is -1.42. The molecule has 0 saturated heterocycles. The van der Waals surface area contributed by atoms with E-state index in [4.69, 9.17) is 0 Å². The Kier molecular flexibility index (Phi) is 6.87. The monoisotopic (exact) mass is 465 g/mol. The number of fused-ring (bicyclic) bond motifs is 1. The molecule has 0 radical (unpaired) electrons. The molecule has 32 heavy (non-hydrogen) atoms. The van der Waals surface area contributed by atoms with Gasteiger partial charge in [0.2, 0.25) is 5.91 Å². The van der Waals surface area contributed by atoms with Crippen LogP contribution in [0, 0.1) is 0 Å². The van der Waals surface area contributed by atoms with Crippen LogP contribution in [0.4, 0.5) is 18.9 Å². The van der Waals surface area contributed by atoms with Gasteiger partial charge in [-0.2, -0.15) is 13.2 Å². The van der Waals surface area contributed by atoms with Crippen molar-refractivity contribution in [1.82, 2.24) is 9.55 Å². The average molecular weight is 465 g/mol. The Morgan fingerprint density at radius 3 is 2.50 bits per heavy atom. The third-order valence-corrected chi connectivity index (χ3v) is 5.57. The van der Waals surface area contributed by atoms with Crippen LogP contribution in [0.2, 0.25) is 0 Å². The van der Waals surface area contributed by atoms with Gasteiger partial charge in [-0.1, -0.05) is 36.0 Å². The van der Waals surface area contributed by atoms with Crippen molar-refractivity contribution in [2.75, 3.05) is 12.4 Å². The van der Waals surface area contributed by atoms with Gasteiger partial charge in [0.1, 0.15) is 6.54 Å². The fraction of sp³-hybridized carbons (Fsp3) is 0.238. The maximum Gasteiger partial charge on any atom is 0.418 e. The second-order valence-electron chi connectivity index (χ2n) is 6.67. The molecule has 7 nitrogen and oxygen atoms in total. The first kappa shape index (κ1) is 23.3. The third-order valence-electron chi connectivity index (χ3n) is 4.48. The Morgan fingerprint density at radius 2 is 1.81 bits per heavy atom. The topological polar surface area (TPSA) is 90.3 Å². The van der Waals surface area contributed by atoms with E-state index in [1.54, 1.807) is 24.3 Å². The standard InChI is InChI=1S/C21H18F3N3O4S/c1-12(18(29)25-16-10-6-4-8-14(16)21(22,23)24)32-20-26-15-9-5-3-7-13(15)19(30)27(20)11-17(28)31-2/h3-10,12H,11H2,1-2H3,(H,25,29)/t12-/m1/s1. The summed E-state index contributed by atoms with van der Waals surface area (Å²) >= 11 is 0.843. The number of benzene rings is 2. The zero-order valence-corrected chi connectivity index (χ0v) is 17.8. The van der Waals surface area contributed by atoms with E-state index in [-0.39, 0.29) is 16.2 Å². The number of hydrogen-bond donors (Lipinski definition) is 1. The van der Waals surface area contributed by atoms with Crippen LogP contribution in [0.15, 0.2) is 58.5 Å². The zero-order valence-electron chi connectivity index (χ0n) is 17.0. The molecule has 0 unspecified atom stereocenters. The quantitative estimate of drug-likeness (QED) is 0.339. The molecule has 1 atom stereocenters. The van der Waals surface area contributed by atoms with Gasteiger partial charge in [-0.15, -0.1) is 0 Å². The first-order valence-corrected chi connectivity index (χ1v) is 10.2. The molecular formula is C21H18F3N3O4S. The maximum atomic E-state index is 13.2. The maximum absolute atomic E-state index is 13.2. The number of nitrogens with zero attached hydrogens (tertiary/aromatic N) is 2. The number of rotatable bonds is 6. The predicted octanol–water partition coefficient (Wildman–Crippen LogP) is 3.71. The van der Waals surface area contributed by atoms with E-state index in [2.05, 4.69) is 15.0 Å². The van der Waals surface area contributed by atoms with Gasteiger partial charge in [-0.05, 0) is 31.2 Å². The van der Waals surface area contributed by atoms with Crippen molar-refractivity contribution in [3.05, 3.63) is 64.4 Å². The number of aromatic nitrogens is 2. The number of hydrogen-bond acceptors (Lipinski definition) is 6. The van der Waals surface area contributed by atoms with Gasteiger partial charge in [0.25, 0.3) is 5.56 Å². The van der Waals surface area contributed by atoms with Gasteiger partial charge >= 0.3 is 12.1 Å². The van der Waals surface area contributed by atoms with Crippen LogP contribution in [0.25, 0.3) is 10.9 Å². The number of esters is 1. The number of para-hydroxylation sites is 2. The summed E-state index contributed by atoms with van der Waals surface area (Å²) in [6, 6.07) is 11.1. The molecule has 3 rings (SSSR count). The fourth-order valence-electron chi connectivity index (χ4n) is 2.86. The number of halogens is 3. The Hall–Kier alpha value is -3.34. The van der Waals surface area contributed by atoms with Crippen LogP contribution < -0.4 is 10.9 Å². The number of methoxy groups -OCH3 is 1. The van der Waals surface area contributed by atoms with Gasteiger partial charge in [-0.25, -0.2) is 4.98 Å². The normalized spacial score (nSPS) is 12.4. The van der Waals surface area contributed by atoms with Crippen molar-refractivity contribution < 1.29 is 27.5 Å². The van der Waals surface area contributed by atoms with Crippen LogP contribution >= 0.6 is 11.8 Å². The van der Waals surface area contributed by atoms with E-state index in [1.165, 1.54) is 26.2 Å². The lowest BCUT2D eigenvalue weighted by Crippen LogP contribution is -2.29. The lowest BCUT2D eigenvalue weighted by Gasteiger charge is -2.17. The van der Waals surface area contributed by atoms with Crippen LogP contribution in [-0.4, -0.2) is 33.8 Å². The average Bonchev–Trinajstić information content (AvgIpc) is 2.75. The van der Waals surface area contributed by atoms with E-state index in [0.717, 1.165) is 28.5 Å². The summed E-state index contributed by atoms with van der Waals surface area (Å²) < 4.78 is 45.3. The summed E-state index contributed by atoms with van der Waals surface area (Å²) in [7, 11) is 1.17. The number of ether oxygens (including phenoxy) is 1. The van der Waals surface area contributed by atoms with Crippen LogP contribution in [0.5, 0.6) is 0 Å².